The molecule has 4 aromatic rings. The lowest BCUT2D eigenvalue weighted by Crippen LogP contribution is -2.21. The molecule has 0 radical (unpaired) electrons. The van der Waals surface area contributed by atoms with Gasteiger partial charge in [0.2, 0.25) is 0 Å². The monoisotopic (exact) mass is 520 g/mol. The molecular weight excluding hydrogens is 486 g/mol. The van der Waals surface area contributed by atoms with Crippen LogP contribution in [0.1, 0.15) is 20.3 Å². The van der Waals surface area contributed by atoms with Crippen molar-refractivity contribution in [3.05, 3.63) is 144 Å². The van der Waals surface area contributed by atoms with Crippen molar-refractivity contribution in [2.45, 2.75) is 20.3 Å². The zero-order chi connectivity index (χ0) is 25.7. The van der Waals surface area contributed by atoms with Gasteiger partial charge in [0.15, 0.2) is 0 Å². The second kappa shape index (κ2) is 11.7. The minimum Gasteiger partial charge on any atom is -0.396 e. The molecule has 1 nitrogen and oxygen atoms in total. The van der Waals surface area contributed by atoms with Gasteiger partial charge >= 0.3 is 0 Å². The van der Waals surface area contributed by atoms with Gasteiger partial charge in [0, 0.05) is 12.5 Å². The third-order valence-electron chi connectivity index (χ3n) is 7.14. The van der Waals surface area contributed by atoms with Gasteiger partial charge in [0.1, 0.15) is 0 Å². The van der Waals surface area contributed by atoms with E-state index in [9.17, 15) is 5.11 Å². The predicted octanol–water partition coefficient (Wildman–Crippen LogP) is 7.06. The Morgan fingerprint density at radius 3 is 1.11 bits per heavy atom. The van der Waals surface area contributed by atoms with Crippen LogP contribution in [0.15, 0.2) is 144 Å². The van der Waals surface area contributed by atoms with Crippen molar-refractivity contribution in [2.24, 2.45) is 11.3 Å². The fraction of sp³-hybridized carbons (Fsp3) is 0.176. The van der Waals surface area contributed by atoms with Gasteiger partial charge in [-0.1, -0.05) is 147 Å². The van der Waals surface area contributed by atoms with Gasteiger partial charge in [-0.15, -0.1) is 0 Å². The largest absolute Gasteiger partial charge is 0.396 e. The highest BCUT2D eigenvalue weighted by Crippen LogP contribution is 2.61. The molecule has 0 unspecified atom stereocenters. The average molecular weight is 521 g/mol. The summed E-state index contributed by atoms with van der Waals surface area (Å²) in [6, 6.07) is 44.0. The van der Waals surface area contributed by atoms with Crippen molar-refractivity contribution in [3.8, 4) is 0 Å². The van der Waals surface area contributed by atoms with Gasteiger partial charge in [0.05, 0.1) is 0 Å². The Bertz CT molecular complexity index is 1170. The molecule has 37 heavy (non-hydrogen) atoms. The first-order valence-corrected chi connectivity index (χ1v) is 15.6. The molecule has 0 aliphatic heterocycles. The smallest absolute Gasteiger partial charge is 0.0436 e. The first kappa shape index (κ1) is 25.8. The summed E-state index contributed by atoms with van der Waals surface area (Å²) in [7, 11) is -1.48. The van der Waals surface area contributed by atoms with Crippen molar-refractivity contribution in [2.75, 3.05) is 6.61 Å². The summed E-state index contributed by atoms with van der Waals surface area (Å²) in [6.45, 7) is 4.79. The number of aliphatic hydroxyl groups excluding tert-OH is 1. The molecule has 1 aliphatic carbocycles. The van der Waals surface area contributed by atoms with Gasteiger partial charge in [-0.3, -0.25) is 0 Å². The molecule has 0 spiro atoms. The highest BCUT2D eigenvalue weighted by Gasteiger charge is 2.37. The van der Waals surface area contributed by atoms with Crippen LogP contribution in [-0.2, 0) is 0 Å². The summed E-state index contributed by atoms with van der Waals surface area (Å²) in [6.07, 6.45) is 5.85. The van der Waals surface area contributed by atoms with Crippen LogP contribution in [0, 0.1) is 11.3 Å². The van der Waals surface area contributed by atoms with Crippen molar-refractivity contribution in [3.63, 3.8) is 0 Å². The molecule has 4 aromatic carbocycles. The maximum Gasteiger partial charge on any atom is 0.0436 e. The quantitative estimate of drug-likeness (QED) is 0.234. The standard InChI is InChI=1S/C34H34OP2/c1-34(2,23-24-35)27-25-32(36(28-15-7-3-8-16-28)29-17-9-4-10-18-29)33(26-27)37(30-19-11-5-12-20-30)31-21-13-6-14-22-31/h3-22,25-27,35H,23-24H2,1-2H3. The van der Waals surface area contributed by atoms with Crippen molar-refractivity contribution in [1.82, 2.24) is 0 Å². The van der Waals surface area contributed by atoms with E-state index in [1.54, 1.807) is 0 Å². The fourth-order valence-electron chi connectivity index (χ4n) is 5.01. The molecule has 186 valence electrons. The van der Waals surface area contributed by atoms with Gasteiger partial charge in [-0.25, -0.2) is 0 Å². The van der Waals surface area contributed by atoms with Crippen LogP contribution in [0.3, 0.4) is 0 Å². The molecule has 0 aromatic heterocycles. The minimum atomic E-state index is -0.741. The van der Waals surface area contributed by atoms with Gasteiger partial charge in [-0.05, 0) is 59.5 Å². The summed E-state index contributed by atoms with van der Waals surface area (Å²) in [5.74, 6) is 0.263. The molecular formula is C34H34OP2. The Balaban J connectivity index is 1.73. The zero-order valence-corrected chi connectivity index (χ0v) is 23.3. The first-order valence-electron chi connectivity index (χ1n) is 12.9. The first-order chi connectivity index (χ1) is 18.1. The Labute approximate surface area is 224 Å². The molecule has 1 N–H and O–H groups in total. The molecule has 5 rings (SSSR count). The van der Waals surface area contributed by atoms with E-state index in [2.05, 4.69) is 147 Å². The van der Waals surface area contributed by atoms with E-state index < -0.39 is 15.8 Å². The second-order valence-electron chi connectivity index (χ2n) is 10.1. The lowest BCUT2D eigenvalue weighted by molar-refractivity contribution is 0.189. The summed E-state index contributed by atoms with van der Waals surface area (Å²) in [5.41, 5.74) is -0.0372. The highest BCUT2D eigenvalue weighted by atomic mass is 31.1. The van der Waals surface area contributed by atoms with Crippen molar-refractivity contribution < 1.29 is 5.11 Å². The van der Waals surface area contributed by atoms with Crippen LogP contribution in [0.2, 0.25) is 0 Å². The topological polar surface area (TPSA) is 20.2 Å². The molecule has 0 heterocycles. The molecule has 0 bridgehead atoms. The Kier molecular flexibility index (Phi) is 8.17. The summed E-state index contributed by atoms with van der Waals surface area (Å²) in [5, 5.41) is 18.3. The molecule has 0 atom stereocenters. The fourth-order valence-corrected chi connectivity index (χ4v) is 10.4. The highest BCUT2D eigenvalue weighted by molar-refractivity contribution is 7.82. The number of hydrogen-bond donors (Lipinski definition) is 1. The van der Waals surface area contributed by atoms with E-state index in [0.29, 0.717) is 0 Å². The number of hydrogen-bond acceptors (Lipinski definition) is 1. The molecule has 0 fully saturated rings. The van der Waals surface area contributed by atoms with E-state index in [-0.39, 0.29) is 17.9 Å². The number of aliphatic hydroxyl groups is 1. The van der Waals surface area contributed by atoms with E-state index in [1.807, 2.05) is 0 Å². The van der Waals surface area contributed by atoms with Crippen LogP contribution in [-0.4, -0.2) is 11.7 Å². The minimum absolute atomic E-state index is 0.0372. The number of allylic oxidation sites excluding steroid dienone is 4. The van der Waals surface area contributed by atoms with Gasteiger partial charge in [0.25, 0.3) is 0 Å². The van der Waals surface area contributed by atoms with Crippen LogP contribution in [0.25, 0.3) is 0 Å². The number of rotatable bonds is 9. The van der Waals surface area contributed by atoms with Crippen LogP contribution in [0.4, 0.5) is 0 Å². The van der Waals surface area contributed by atoms with Gasteiger partial charge < -0.3 is 5.11 Å². The summed E-state index contributed by atoms with van der Waals surface area (Å²) < 4.78 is 0. The van der Waals surface area contributed by atoms with E-state index in [1.165, 1.54) is 31.8 Å². The lowest BCUT2D eigenvalue weighted by Gasteiger charge is -2.28. The Morgan fingerprint density at radius 1 is 0.541 bits per heavy atom. The van der Waals surface area contributed by atoms with Crippen LogP contribution < -0.4 is 21.2 Å². The number of benzene rings is 4. The Hall–Kier alpha value is -2.82. The van der Waals surface area contributed by atoms with Crippen molar-refractivity contribution >= 4 is 37.1 Å². The van der Waals surface area contributed by atoms with E-state index in [4.69, 9.17) is 0 Å². The molecule has 0 amide bonds. The van der Waals surface area contributed by atoms with Crippen molar-refractivity contribution in [1.29, 1.82) is 0 Å². The second-order valence-corrected chi connectivity index (χ2v) is 14.5. The third-order valence-corrected chi connectivity index (χ3v) is 12.3. The SMILES string of the molecule is CC(C)(CCO)C1C=C(P(c2ccccc2)c2ccccc2)C(P(c2ccccc2)c2ccccc2)=C1. The molecule has 0 saturated carbocycles. The normalized spacial score (nSPS) is 14.2. The predicted molar refractivity (Wildman–Crippen MR) is 163 cm³/mol. The van der Waals surface area contributed by atoms with E-state index in [0.717, 1.165) is 6.42 Å². The third kappa shape index (κ3) is 5.71. The maximum atomic E-state index is 9.89. The summed E-state index contributed by atoms with van der Waals surface area (Å²) >= 11 is 0. The molecule has 0 saturated heterocycles. The van der Waals surface area contributed by atoms with E-state index >= 15 is 0 Å². The summed E-state index contributed by atoms with van der Waals surface area (Å²) in [4.78, 5) is 0. The molecule has 1 aliphatic rings. The molecule has 3 heteroatoms. The van der Waals surface area contributed by atoms with Crippen LogP contribution in [0.5, 0.6) is 0 Å². The van der Waals surface area contributed by atoms with Crippen LogP contribution >= 0.6 is 15.8 Å². The average Bonchev–Trinajstić information content (AvgIpc) is 3.37. The Morgan fingerprint density at radius 2 is 0.838 bits per heavy atom. The van der Waals surface area contributed by atoms with Gasteiger partial charge in [-0.2, -0.15) is 0 Å². The zero-order valence-electron chi connectivity index (χ0n) is 21.5. The maximum absolute atomic E-state index is 9.89. The lowest BCUT2D eigenvalue weighted by atomic mass is 9.77.